The summed E-state index contributed by atoms with van der Waals surface area (Å²) in [6.07, 6.45) is 0. The Labute approximate surface area is 126 Å². The molecule has 0 aliphatic heterocycles. The first-order chi connectivity index (χ1) is 10.2. The van der Waals surface area contributed by atoms with Crippen LogP contribution in [0.3, 0.4) is 0 Å². The van der Waals surface area contributed by atoms with E-state index in [-0.39, 0.29) is 0 Å². The Bertz CT molecular complexity index is 585. The molecule has 0 amide bonds. The van der Waals surface area contributed by atoms with Crippen molar-refractivity contribution >= 4 is 11.4 Å². The van der Waals surface area contributed by atoms with Crippen LogP contribution in [0, 0.1) is 0 Å². The van der Waals surface area contributed by atoms with Gasteiger partial charge in [-0.2, -0.15) is 0 Å². The van der Waals surface area contributed by atoms with Crippen LogP contribution in [-0.4, -0.2) is 20.8 Å². The van der Waals surface area contributed by atoms with Gasteiger partial charge >= 0.3 is 0 Å². The topological polar surface area (TPSA) is 47.7 Å². The second-order valence-corrected chi connectivity index (χ2v) is 4.76. The first kappa shape index (κ1) is 15.0. The van der Waals surface area contributed by atoms with E-state index in [1.54, 1.807) is 14.2 Å². The molecule has 0 spiro atoms. The van der Waals surface area contributed by atoms with Gasteiger partial charge in [0.25, 0.3) is 0 Å². The first-order valence-corrected chi connectivity index (χ1v) is 7.00. The molecule has 0 aromatic heterocycles. The SMILES string of the molecule is CCN(Cc1cc(OC)c(OC)cc1N)c1ccccc1. The van der Waals surface area contributed by atoms with Gasteiger partial charge in [-0.1, -0.05) is 18.2 Å². The van der Waals surface area contributed by atoms with Crippen LogP contribution in [0.5, 0.6) is 11.5 Å². The number of ether oxygens (including phenoxy) is 2. The zero-order chi connectivity index (χ0) is 15.2. The summed E-state index contributed by atoms with van der Waals surface area (Å²) >= 11 is 0. The molecule has 21 heavy (non-hydrogen) atoms. The molecule has 0 saturated carbocycles. The van der Waals surface area contributed by atoms with Crippen LogP contribution < -0.4 is 20.1 Å². The number of hydrogen-bond donors (Lipinski definition) is 1. The van der Waals surface area contributed by atoms with E-state index in [1.165, 1.54) is 5.69 Å². The lowest BCUT2D eigenvalue weighted by Gasteiger charge is -2.24. The fourth-order valence-corrected chi connectivity index (χ4v) is 2.30. The number of anilines is 2. The molecular formula is C17H22N2O2. The molecule has 0 fully saturated rings. The summed E-state index contributed by atoms with van der Waals surface area (Å²) in [6, 6.07) is 14.0. The second kappa shape index (κ2) is 6.88. The van der Waals surface area contributed by atoms with Gasteiger partial charge in [-0.3, -0.25) is 0 Å². The van der Waals surface area contributed by atoms with Gasteiger partial charge in [0.15, 0.2) is 11.5 Å². The smallest absolute Gasteiger partial charge is 0.162 e. The fourth-order valence-electron chi connectivity index (χ4n) is 2.30. The van der Waals surface area contributed by atoms with Crippen LogP contribution in [0.25, 0.3) is 0 Å². The van der Waals surface area contributed by atoms with Crippen LogP contribution in [0.2, 0.25) is 0 Å². The van der Waals surface area contributed by atoms with Crippen LogP contribution >= 0.6 is 0 Å². The van der Waals surface area contributed by atoms with Crippen LogP contribution in [-0.2, 0) is 6.54 Å². The van der Waals surface area contributed by atoms with Crippen molar-refractivity contribution in [1.29, 1.82) is 0 Å². The summed E-state index contributed by atoms with van der Waals surface area (Å²) in [4.78, 5) is 2.26. The molecular weight excluding hydrogens is 264 g/mol. The minimum absolute atomic E-state index is 0.654. The third-order valence-electron chi connectivity index (χ3n) is 3.51. The maximum absolute atomic E-state index is 6.14. The van der Waals surface area contributed by atoms with E-state index >= 15 is 0 Å². The molecule has 0 radical (unpaired) electrons. The van der Waals surface area contributed by atoms with E-state index in [1.807, 2.05) is 30.3 Å². The number of nitrogen functional groups attached to an aromatic ring is 1. The van der Waals surface area contributed by atoms with E-state index in [0.717, 1.165) is 18.7 Å². The lowest BCUT2D eigenvalue weighted by atomic mass is 10.1. The number of rotatable bonds is 6. The lowest BCUT2D eigenvalue weighted by molar-refractivity contribution is 0.355. The highest BCUT2D eigenvalue weighted by Gasteiger charge is 2.12. The number of nitrogens with two attached hydrogens (primary N) is 1. The van der Waals surface area contributed by atoms with E-state index < -0.39 is 0 Å². The lowest BCUT2D eigenvalue weighted by Crippen LogP contribution is -2.22. The fraction of sp³-hybridized carbons (Fsp3) is 0.294. The predicted octanol–water partition coefficient (Wildman–Crippen LogP) is 3.31. The monoisotopic (exact) mass is 286 g/mol. The van der Waals surface area contributed by atoms with Gasteiger partial charge in [0.1, 0.15) is 0 Å². The number of para-hydroxylation sites is 1. The third kappa shape index (κ3) is 3.40. The van der Waals surface area contributed by atoms with Crippen molar-refractivity contribution in [3.8, 4) is 11.5 Å². The minimum atomic E-state index is 0.654. The minimum Gasteiger partial charge on any atom is -0.493 e. The van der Waals surface area contributed by atoms with E-state index in [0.29, 0.717) is 17.2 Å². The van der Waals surface area contributed by atoms with Gasteiger partial charge < -0.3 is 20.1 Å². The van der Waals surface area contributed by atoms with Crippen molar-refractivity contribution in [2.24, 2.45) is 0 Å². The first-order valence-electron chi connectivity index (χ1n) is 7.00. The van der Waals surface area contributed by atoms with Crippen molar-refractivity contribution in [2.45, 2.75) is 13.5 Å². The Balaban J connectivity index is 2.29. The molecule has 2 rings (SSSR count). The highest BCUT2D eigenvalue weighted by atomic mass is 16.5. The second-order valence-electron chi connectivity index (χ2n) is 4.76. The van der Waals surface area contributed by atoms with E-state index in [2.05, 4.69) is 24.0 Å². The molecule has 4 nitrogen and oxygen atoms in total. The zero-order valence-electron chi connectivity index (χ0n) is 12.8. The standard InChI is InChI=1S/C17H22N2O2/c1-4-19(14-8-6-5-7-9-14)12-13-10-16(20-2)17(21-3)11-15(13)18/h5-11H,4,12,18H2,1-3H3. The molecule has 0 aliphatic rings. The van der Waals surface area contributed by atoms with Crippen molar-refractivity contribution in [3.63, 3.8) is 0 Å². The number of hydrogen-bond acceptors (Lipinski definition) is 4. The van der Waals surface area contributed by atoms with Gasteiger partial charge in [0, 0.05) is 30.5 Å². The normalized spacial score (nSPS) is 10.2. The van der Waals surface area contributed by atoms with Crippen molar-refractivity contribution in [1.82, 2.24) is 0 Å². The van der Waals surface area contributed by atoms with Gasteiger partial charge in [-0.25, -0.2) is 0 Å². The molecule has 112 valence electrons. The summed E-state index contributed by atoms with van der Waals surface area (Å²) in [7, 11) is 3.24. The highest BCUT2D eigenvalue weighted by Crippen LogP contribution is 2.33. The van der Waals surface area contributed by atoms with Gasteiger partial charge in [-0.15, -0.1) is 0 Å². The molecule has 0 bridgehead atoms. The maximum atomic E-state index is 6.14. The Kier molecular flexibility index (Phi) is 4.93. The zero-order valence-corrected chi connectivity index (χ0v) is 12.8. The summed E-state index contributed by atoms with van der Waals surface area (Å²) < 4.78 is 10.6. The largest absolute Gasteiger partial charge is 0.493 e. The quantitative estimate of drug-likeness (QED) is 0.828. The molecule has 2 aromatic carbocycles. The number of benzene rings is 2. The summed E-state index contributed by atoms with van der Waals surface area (Å²) in [5.74, 6) is 1.35. The average molecular weight is 286 g/mol. The molecule has 4 heteroatoms. The highest BCUT2D eigenvalue weighted by molar-refractivity contribution is 5.59. The predicted molar refractivity (Wildman–Crippen MR) is 87.1 cm³/mol. The Morgan fingerprint density at radius 2 is 1.62 bits per heavy atom. The number of nitrogens with zero attached hydrogens (tertiary/aromatic N) is 1. The Hall–Kier alpha value is -2.36. The molecule has 0 atom stereocenters. The molecule has 2 aromatic rings. The molecule has 0 saturated heterocycles. The van der Waals surface area contributed by atoms with Crippen LogP contribution in [0.1, 0.15) is 12.5 Å². The van der Waals surface area contributed by atoms with Gasteiger partial charge in [-0.05, 0) is 30.7 Å². The Morgan fingerprint density at radius 3 is 2.19 bits per heavy atom. The van der Waals surface area contributed by atoms with Gasteiger partial charge in [0.05, 0.1) is 14.2 Å². The van der Waals surface area contributed by atoms with Crippen LogP contribution in [0.4, 0.5) is 11.4 Å². The average Bonchev–Trinajstić information content (AvgIpc) is 2.54. The van der Waals surface area contributed by atoms with Crippen molar-refractivity contribution in [2.75, 3.05) is 31.4 Å². The van der Waals surface area contributed by atoms with E-state index in [4.69, 9.17) is 15.2 Å². The number of methoxy groups -OCH3 is 2. The van der Waals surface area contributed by atoms with Gasteiger partial charge in [0.2, 0.25) is 0 Å². The van der Waals surface area contributed by atoms with E-state index in [9.17, 15) is 0 Å². The summed E-state index contributed by atoms with van der Waals surface area (Å²) in [5, 5.41) is 0. The Morgan fingerprint density at radius 1 is 1.00 bits per heavy atom. The molecule has 0 unspecified atom stereocenters. The summed E-state index contributed by atoms with van der Waals surface area (Å²) in [6.45, 7) is 3.76. The summed E-state index contributed by atoms with van der Waals surface area (Å²) in [5.41, 5.74) is 9.05. The third-order valence-corrected chi connectivity index (χ3v) is 3.51. The van der Waals surface area contributed by atoms with Crippen molar-refractivity contribution < 1.29 is 9.47 Å². The molecule has 0 heterocycles. The van der Waals surface area contributed by atoms with Crippen LogP contribution in [0.15, 0.2) is 42.5 Å². The van der Waals surface area contributed by atoms with Crippen molar-refractivity contribution in [3.05, 3.63) is 48.0 Å². The maximum Gasteiger partial charge on any atom is 0.162 e. The molecule has 0 aliphatic carbocycles. The molecule has 2 N–H and O–H groups in total.